The van der Waals surface area contributed by atoms with Gasteiger partial charge in [0.1, 0.15) is 5.82 Å². The van der Waals surface area contributed by atoms with Crippen molar-refractivity contribution in [2.75, 3.05) is 7.05 Å². The number of rotatable bonds is 5. The zero-order chi connectivity index (χ0) is 10.6. The molecule has 5 heteroatoms. The third-order valence-corrected chi connectivity index (χ3v) is 2.27. The molecule has 0 saturated carbocycles. The predicted octanol–water partition coefficient (Wildman–Crippen LogP) is -0.0234. The van der Waals surface area contributed by atoms with Crippen molar-refractivity contribution < 1.29 is 4.79 Å². The summed E-state index contributed by atoms with van der Waals surface area (Å²) >= 11 is 0. The number of aromatic amines is 1. The molecule has 0 radical (unpaired) electrons. The second kappa shape index (κ2) is 4.76. The van der Waals surface area contributed by atoms with Gasteiger partial charge in [0.15, 0.2) is 0 Å². The smallest absolute Gasteiger partial charge is 0.234 e. The second-order valence-electron chi connectivity index (χ2n) is 3.35. The van der Waals surface area contributed by atoms with Crippen LogP contribution in [0.25, 0.3) is 0 Å². The number of H-pyrrole nitrogens is 1. The van der Waals surface area contributed by atoms with E-state index in [1.54, 1.807) is 19.4 Å². The first kappa shape index (κ1) is 10.7. The fourth-order valence-electron chi connectivity index (χ4n) is 1.39. The van der Waals surface area contributed by atoms with Crippen LogP contribution in [0.15, 0.2) is 12.4 Å². The third kappa shape index (κ3) is 2.56. The lowest BCUT2D eigenvalue weighted by molar-refractivity contribution is -0.120. The lowest BCUT2D eigenvalue weighted by Gasteiger charge is -2.15. The Hall–Kier alpha value is -1.36. The summed E-state index contributed by atoms with van der Waals surface area (Å²) < 4.78 is 0. The van der Waals surface area contributed by atoms with Crippen LogP contribution in [0.2, 0.25) is 0 Å². The van der Waals surface area contributed by atoms with Crippen molar-refractivity contribution >= 4 is 5.91 Å². The SMILES string of the molecule is CNC(CC(C)c1ncc[nH]1)C(N)=O. The molecule has 0 aliphatic heterocycles. The number of nitrogens with zero attached hydrogens (tertiary/aromatic N) is 1. The molecule has 0 bridgehead atoms. The third-order valence-electron chi connectivity index (χ3n) is 2.27. The van der Waals surface area contributed by atoms with Crippen molar-refractivity contribution in [2.24, 2.45) is 5.73 Å². The van der Waals surface area contributed by atoms with Crippen LogP contribution >= 0.6 is 0 Å². The Morgan fingerprint density at radius 2 is 2.50 bits per heavy atom. The average Bonchev–Trinajstić information content (AvgIpc) is 2.65. The Morgan fingerprint density at radius 1 is 1.79 bits per heavy atom. The lowest BCUT2D eigenvalue weighted by Crippen LogP contribution is -2.40. The molecule has 1 heterocycles. The van der Waals surface area contributed by atoms with Gasteiger partial charge in [-0.3, -0.25) is 4.79 Å². The molecule has 2 atom stereocenters. The molecule has 1 aromatic heterocycles. The van der Waals surface area contributed by atoms with Crippen LogP contribution in [-0.2, 0) is 4.79 Å². The topological polar surface area (TPSA) is 83.8 Å². The molecule has 0 spiro atoms. The molecule has 5 nitrogen and oxygen atoms in total. The second-order valence-corrected chi connectivity index (χ2v) is 3.35. The van der Waals surface area contributed by atoms with Crippen LogP contribution in [0.3, 0.4) is 0 Å². The zero-order valence-corrected chi connectivity index (χ0v) is 8.45. The van der Waals surface area contributed by atoms with E-state index in [0.29, 0.717) is 6.42 Å². The van der Waals surface area contributed by atoms with Crippen molar-refractivity contribution in [1.29, 1.82) is 0 Å². The fourth-order valence-corrected chi connectivity index (χ4v) is 1.39. The summed E-state index contributed by atoms with van der Waals surface area (Å²) in [6.07, 6.45) is 4.12. The van der Waals surface area contributed by atoms with Gasteiger partial charge in [0, 0.05) is 18.3 Å². The molecule has 0 aliphatic carbocycles. The molecule has 14 heavy (non-hydrogen) atoms. The minimum absolute atomic E-state index is 0.190. The first-order valence-electron chi connectivity index (χ1n) is 4.61. The van der Waals surface area contributed by atoms with Gasteiger partial charge in [-0.25, -0.2) is 4.98 Å². The van der Waals surface area contributed by atoms with Crippen molar-refractivity contribution in [3.8, 4) is 0 Å². The number of hydrogen-bond donors (Lipinski definition) is 3. The van der Waals surface area contributed by atoms with E-state index in [-0.39, 0.29) is 17.9 Å². The highest BCUT2D eigenvalue weighted by atomic mass is 16.1. The monoisotopic (exact) mass is 196 g/mol. The molecule has 0 fully saturated rings. The van der Waals surface area contributed by atoms with Gasteiger partial charge in [-0.05, 0) is 13.5 Å². The van der Waals surface area contributed by atoms with Gasteiger partial charge in [-0.2, -0.15) is 0 Å². The van der Waals surface area contributed by atoms with E-state index in [2.05, 4.69) is 15.3 Å². The molecular formula is C9H16N4O. The van der Waals surface area contributed by atoms with Gasteiger partial charge in [0.2, 0.25) is 5.91 Å². The number of amides is 1. The van der Waals surface area contributed by atoms with Crippen LogP contribution in [0, 0.1) is 0 Å². The summed E-state index contributed by atoms with van der Waals surface area (Å²) in [5.74, 6) is 0.743. The number of primary amides is 1. The first-order valence-corrected chi connectivity index (χ1v) is 4.61. The van der Waals surface area contributed by atoms with E-state index >= 15 is 0 Å². The number of hydrogen-bond acceptors (Lipinski definition) is 3. The number of nitrogens with two attached hydrogens (primary N) is 1. The van der Waals surface area contributed by atoms with E-state index in [1.807, 2.05) is 6.92 Å². The van der Waals surface area contributed by atoms with Gasteiger partial charge in [0.25, 0.3) is 0 Å². The summed E-state index contributed by atoms with van der Waals surface area (Å²) in [5.41, 5.74) is 5.22. The highest BCUT2D eigenvalue weighted by Gasteiger charge is 2.18. The molecule has 2 unspecified atom stereocenters. The standard InChI is InChI=1S/C9H16N4O/c1-6(9-12-3-4-13-9)5-7(11-2)8(10)14/h3-4,6-7,11H,5H2,1-2H3,(H2,10,14)(H,12,13). The number of aromatic nitrogens is 2. The maximum Gasteiger partial charge on any atom is 0.234 e. The van der Waals surface area contributed by atoms with Gasteiger partial charge in [-0.1, -0.05) is 6.92 Å². The van der Waals surface area contributed by atoms with Gasteiger partial charge in [0.05, 0.1) is 6.04 Å². The van der Waals surface area contributed by atoms with Gasteiger partial charge < -0.3 is 16.0 Å². The number of nitrogens with one attached hydrogen (secondary N) is 2. The fraction of sp³-hybridized carbons (Fsp3) is 0.556. The number of carbonyl (C=O) groups excluding carboxylic acids is 1. The van der Waals surface area contributed by atoms with Gasteiger partial charge in [-0.15, -0.1) is 0 Å². The molecule has 0 aliphatic rings. The Kier molecular flexibility index (Phi) is 3.64. The number of carbonyl (C=O) groups is 1. The van der Waals surface area contributed by atoms with E-state index in [4.69, 9.17) is 5.73 Å². The van der Waals surface area contributed by atoms with Crippen molar-refractivity contribution in [3.05, 3.63) is 18.2 Å². The summed E-state index contributed by atoms with van der Waals surface area (Å²) in [7, 11) is 1.73. The summed E-state index contributed by atoms with van der Waals surface area (Å²) in [5, 5.41) is 2.88. The Morgan fingerprint density at radius 3 is 2.93 bits per heavy atom. The average molecular weight is 196 g/mol. The molecule has 0 aromatic carbocycles. The van der Waals surface area contributed by atoms with Crippen molar-refractivity contribution in [3.63, 3.8) is 0 Å². The van der Waals surface area contributed by atoms with E-state index in [1.165, 1.54) is 0 Å². The van der Waals surface area contributed by atoms with Gasteiger partial charge >= 0.3 is 0 Å². The Bertz CT molecular complexity index is 283. The first-order chi connectivity index (χ1) is 6.65. The normalized spacial score (nSPS) is 15.0. The minimum atomic E-state index is -0.328. The lowest BCUT2D eigenvalue weighted by atomic mass is 10.0. The summed E-state index contributed by atoms with van der Waals surface area (Å²) in [6.45, 7) is 2.01. The van der Waals surface area contributed by atoms with E-state index < -0.39 is 0 Å². The highest BCUT2D eigenvalue weighted by Crippen LogP contribution is 2.16. The Balaban J connectivity index is 2.55. The van der Waals surface area contributed by atoms with Crippen LogP contribution in [0.1, 0.15) is 25.1 Å². The molecular weight excluding hydrogens is 180 g/mol. The molecule has 78 valence electrons. The minimum Gasteiger partial charge on any atom is -0.368 e. The van der Waals surface area contributed by atoms with Crippen LogP contribution in [-0.4, -0.2) is 29.0 Å². The molecule has 1 amide bonds. The van der Waals surface area contributed by atoms with E-state index in [9.17, 15) is 4.79 Å². The number of likely N-dealkylation sites (N-methyl/N-ethyl adjacent to an activating group) is 1. The Labute approximate surface area is 83.1 Å². The van der Waals surface area contributed by atoms with Crippen LogP contribution < -0.4 is 11.1 Å². The van der Waals surface area contributed by atoms with Crippen LogP contribution in [0.5, 0.6) is 0 Å². The predicted molar refractivity (Wildman–Crippen MR) is 53.7 cm³/mol. The largest absolute Gasteiger partial charge is 0.368 e. The van der Waals surface area contributed by atoms with E-state index in [0.717, 1.165) is 5.82 Å². The molecule has 1 aromatic rings. The highest BCUT2D eigenvalue weighted by molar-refractivity contribution is 5.79. The molecule has 4 N–H and O–H groups in total. The maximum atomic E-state index is 11.0. The van der Waals surface area contributed by atoms with Crippen molar-refractivity contribution in [2.45, 2.75) is 25.3 Å². The summed E-state index contributed by atoms with van der Waals surface area (Å²) in [4.78, 5) is 18.1. The maximum absolute atomic E-state index is 11.0. The molecule has 0 saturated heterocycles. The summed E-state index contributed by atoms with van der Waals surface area (Å²) in [6, 6.07) is -0.296. The van der Waals surface area contributed by atoms with Crippen molar-refractivity contribution in [1.82, 2.24) is 15.3 Å². The quantitative estimate of drug-likeness (QED) is 0.618. The molecule has 1 rings (SSSR count). The number of imidazole rings is 1. The van der Waals surface area contributed by atoms with Crippen LogP contribution in [0.4, 0.5) is 0 Å². The zero-order valence-electron chi connectivity index (χ0n) is 8.45.